The van der Waals surface area contributed by atoms with Crippen LogP contribution in [-0.2, 0) is 4.79 Å². The van der Waals surface area contributed by atoms with Crippen LogP contribution in [0.1, 0.15) is 30.0 Å². The molecule has 2 aromatic rings. The summed E-state index contributed by atoms with van der Waals surface area (Å²) < 4.78 is 0. The Morgan fingerprint density at radius 3 is 2.91 bits per heavy atom. The molecule has 1 N–H and O–H groups in total. The maximum atomic E-state index is 11.4. The van der Waals surface area contributed by atoms with Gasteiger partial charge in [0.05, 0.1) is 12.0 Å². The first-order valence-corrected chi connectivity index (χ1v) is 8.71. The third-order valence-corrected chi connectivity index (χ3v) is 5.13. The average molecular weight is 336 g/mol. The van der Waals surface area contributed by atoms with Crippen molar-refractivity contribution in [3.63, 3.8) is 0 Å². The summed E-state index contributed by atoms with van der Waals surface area (Å²) in [7, 11) is 0. The standard InChI is InChI=1S/C17H18ClNO2S/c18-15-5-1-3-12(9-15)16(14-6-8-22-11-14)19-7-2-4-13(10-19)17(20)21/h1,3,5-6,8-9,11,13,16H,2,4,7,10H2,(H,20,21). The molecule has 3 rings (SSSR count). The van der Waals surface area contributed by atoms with E-state index in [1.807, 2.05) is 18.2 Å². The normalized spacial score (nSPS) is 20.7. The number of rotatable bonds is 4. The molecule has 5 heteroatoms. The molecule has 1 aromatic heterocycles. The quantitative estimate of drug-likeness (QED) is 0.906. The smallest absolute Gasteiger partial charge is 0.307 e. The van der Waals surface area contributed by atoms with Gasteiger partial charge in [-0.05, 0) is 59.5 Å². The van der Waals surface area contributed by atoms with Crippen LogP contribution in [0.4, 0.5) is 0 Å². The zero-order chi connectivity index (χ0) is 15.5. The van der Waals surface area contributed by atoms with Crippen molar-refractivity contribution in [2.45, 2.75) is 18.9 Å². The lowest BCUT2D eigenvalue weighted by Gasteiger charge is -2.37. The Morgan fingerprint density at radius 1 is 1.36 bits per heavy atom. The number of halogens is 1. The summed E-state index contributed by atoms with van der Waals surface area (Å²) in [5.41, 5.74) is 2.33. The van der Waals surface area contributed by atoms with Gasteiger partial charge in [0.2, 0.25) is 0 Å². The van der Waals surface area contributed by atoms with Crippen LogP contribution in [0.15, 0.2) is 41.1 Å². The largest absolute Gasteiger partial charge is 0.481 e. The highest BCUT2D eigenvalue weighted by Crippen LogP contribution is 2.34. The predicted octanol–water partition coefficient (Wildman–Crippen LogP) is 4.29. The van der Waals surface area contributed by atoms with Gasteiger partial charge >= 0.3 is 5.97 Å². The second-order valence-corrected chi connectivity index (χ2v) is 6.90. The Hall–Kier alpha value is -1.36. The number of aliphatic carboxylic acids is 1. The molecule has 0 amide bonds. The predicted molar refractivity (Wildman–Crippen MR) is 89.5 cm³/mol. The zero-order valence-electron chi connectivity index (χ0n) is 12.1. The number of thiophene rings is 1. The molecule has 1 aliphatic rings. The van der Waals surface area contributed by atoms with E-state index in [4.69, 9.17) is 11.6 Å². The van der Waals surface area contributed by atoms with Crippen LogP contribution >= 0.6 is 22.9 Å². The van der Waals surface area contributed by atoms with E-state index in [-0.39, 0.29) is 12.0 Å². The summed E-state index contributed by atoms with van der Waals surface area (Å²) in [6.45, 7) is 1.50. The van der Waals surface area contributed by atoms with Gasteiger partial charge in [-0.1, -0.05) is 23.7 Å². The van der Waals surface area contributed by atoms with E-state index in [1.165, 1.54) is 5.56 Å². The molecule has 1 saturated heterocycles. The highest BCUT2D eigenvalue weighted by Gasteiger charge is 2.31. The van der Waals surface area contributed by atoms with Gasteiger partial charge in [0.1, 0.15) is 0 Å². The lowest BCUT2D eigenvalue weighted by atomic mass is 9.92. The fourth-order valence-corrected chi connectivity index (χ4v) is 4.04. The number of carboxylic acids is 1. The van der Waals surface area contributed by atoms with E-state index < -0.39 is 5.97 Å². The van der Waals surface area contributed by atoms with Gasteiger partial charge < -0.3 is 5.11 Å². The van der Waals surface area contributed by atoms with Crippen molar-refractivity contribution >= 4 is 28.9 Å². The van der Waals surface area contributed by atoms with E-state index in [9.17, 15) is 9.90 Å². The molecule has 0 saturated carbocycles. The molecular formula is C17H18ClNO2S. The first kappa shape index (κ1) is 15.5. The van der Waals surface area contributed by atoms with Gasteiger partial charge in [0.25, 0.3) is 0 Å². The third-order valence-electron chi connectivity index (χ3n) is 4.19. The molecule has 1 aromatic carbocycles. The summed E-state index contributed by atoms with van der Waals surface area (Å²) in [5.74, 6) is -0.978. The van der Waals surface area contributed by atoms with Crippen molar-refractivity contribution in [2.24, 2.45) is 5.92 Å². The van der Waals surface area contributed by atoms with Gasteiger partial charge in [0.15, 0.2) is 0 Å². The second kappa shape index (κ2) is 6.82. The minimum Gasteiger partial charge on any atom is -0.481 e. The molecule has 116 valence electrons. The number of likely N-dealkylation sites (tertiary alicyclic amines) is 1. The molecule has 0 radical (unpaired) electrons. The van der Waals surface area contributed by atoms with Crippen molar-refractivity contribution in [1.29, 1.82) is 0 Å². The average Bonchev–Trinajstić information content (AvgIpc) is 3.02. The number of carboxylic acid groups (broad SMARTS) is 1. The number of piperidine rings is 1. The Labute approximate surface area is 139 Å². The third kappa shape index (κ3) is 3.35. The molecule has 2 heterocycles. The SMILES string of the molecule is O=C(O)C1CCCN(C(c2ccsc2)c2cccc(Cl)c2)C1. The van der Waals surface area contributed by atoms with Crippen LogP contribution in [-0.4, -0.2) is 29.1 Å². The Morgan fingerprint density at radius 2 is 2.23 bits per heavy atom. The summed E-state index contributed by atoms with van der Waals surface area (Å²) in [5, 5.41) is 14.2. The van der Waals surface area contributed by atoms with Crippen LogP contribution < -0.4 is 0 Å². The topological polar surface area (TPSA) is 40.5 Å². The Bertz CT molecular complexity index is 644. The number of hydrogen-bond acceptors (Lipinski definition) is 3. The Balaban J connectivity index is 1.94. The molecule has 2 atom stereocenters. The Kier molecular flexibility index (Phi) is 4.81. The van der Waals surface area contributed by atoms with Crippen molar-refractivity contribution in [3.8, 4) is 0 Å². The summed E-state index contributed by atoms with van der Waals surface area (Å²) in [4.78, 5) is 13.6. The van der Waals surface area contributed by atoms with Crippen LogP contribution in [0.25, 0.3) is 0 Å². The van der Waals surface area contributed by atoms with Crippen molar-refractivity contribution in [2.75, 3.05) is 13.1 Å². The second-order valence-electron chi connectivity index (χ2n) is 5.69. The first-order chi connectivity index (χ1) is 10.6. The molecule has 0 aliphatic carbocycles. The van der Waals surface area contributed by atoms with Gasteiger partial charge in [0, 0.05) is 11.6 Å². The summed E-state index contributed by atoms with van der Waals surface area (Å²) in [6, 6.07) is 10.1. The fraction of sp³-hybridized carbons (Fsp3) is 0.353. The lowest BCUT2D eigenvalue weighted by molar-refractivity contribution is -0.143. The molecule has 1 fully saturated rings. The van der Waals surface area contributed by atoms with Crippen LogP contribution in [0.5, 0.6) is 0 Å². The van der Waals surface area contributed by atoms with Crippen LogP contribution in [0, 0.1) is 5.92 Å². The van der Waals surface area contributed by atoms with Crippen LogP contribution in [0.2, 0.25) is 5.02 Å². The number of benzene rings is 1. The fourth-order valence-electron chi connectivity index (χ4n) is 3.16. The lowest BCUT2D eigenvalue weighted by Crippen LogP contribution is -2.41. The number of nitrogens with zero attached hydrogens (tertiary/aromatic N) is 1. The molecule has 2 unspecified atom stereocenters. The minimum absolute atomic E-state index is 0.0760. The first-order valence-electron chi connectivity index (χ1n) is 7.39. The van der Waals surface area contributed by atoms with Crippen molar-refractivity contribution in [1.82, 2.24) is 4.90 Å². The van der Waals surface area contributed by atoms with E-state index >= 15 is 0 Å². The van der Waals surface area contributed by atoms with Gasteiger partial charge in [-0.25, -0.2) is 0 Å². The maximum Gasteiger partial charge on any atom is 0.307 e. The molecule has 1 aliphatic heterocycles. The number of carbonyl (C=O) groups is 1. The van der Waals surface area contributed by atoms with E-state index in [2.05, 4.69) is 27.8 Å². The maximum absolute atomic E-state index is 11.4. The molecule has 0 spiro atoms. The van der Waals surface area contributed by atoms with Gasteiger partial charge in [-0.3, -0.25) is 9.69 Å². The molecule has 0 bridgehead atoms. The summed E-state index contributed by atoms with van der Waals surface area (Å²) in [6.07, 6.45) is 1.68. The van der Waals surface area contributed by atoms with Crippen LogP contribution in [0.3, 0.4) is 0 Å². The highest BCUT2D eigenvalue weighted by atomic mass is 35.5. The molecule has 22 heavy (non-hydrogen) atoms. The highest BCUT2D eigenvalue weighted by molar-refractivity contribution is 7.08. The molecule has 3 nitrogen and oxygen atoms in total. The van der Waals surface area contributed by atoms with E-state index in [0.29, 0.717) is 11.6 Å². The van der Waals surface area contributed by atoms with E-state index in [0.717, 1.165) is 24.9 Å². The molecular weight excluding hydrogens is 318 g/mol. The van der Waals surface area contributed by atoms with E-state index in [1.54, 1.807) is 11.3 Å². The number of hydrogen-bond donors (Lipinski definition) is 1. The van der Waals surface area contributed by atoms with Gasteiger partial charge in [-0.2, -0.15) is 11.3 Å². The van der Waals surface area contributed by atoms with Gasteiger partial charge in [-0.15, -0.1) is 0 Å². The minimum atomic E-state index is -0.695. The monoisotopic (exact) mass is 335 g/mol. The summed E-state index contributed by atoms with van der Waals surface area (Å²) >= 11 is 7.82. The van der Waals surface area contributed by atoms with Crippen molar-refractivity contribution < 1.29 is 9.90 Å². The zero-order valence-corrected chi connectivity index (χ0v) is 13.7. The van der Waals surface area contributed by atoms with Crippen molar-refractivity contribution in [3.05, 3.63) is 57.2 Å².